The molecule has 31 heavy (non-hydrogen) atoms. The summed E-state index contributed by atoms with van der Waals surface area (Å²) in [6.07, 6.45) is 11.4. The van der Waals surface area contributed by atoms with Gasteiger partial charge in [0.1, 0.15) is 17.8 Å². The van der Waals surface area contributed by atoms with Gasteiger partial charge >= 0.3 is 0 Å². The summed E-state index contributed by atoms with van der Waals surface area (Å²) >= 11 is 0. The third-order valence-electron chi connectivity index (χ3n) is 10.9. The maximum absolute atomic E-state index is 11.5. The van der Waals surface area contributed by atoms with Gasteiger partial charge in [0.05, 0.1) is 6.10 Å². The van der Waals surface area contributed by atoms with Crippen molar-refractivity contribution in [3.8, 4) is 0 Å². The topological polar surface area (TPSA) is 53.0 Å². The van der Waals surface area contributed by atoms with Gasteiger partial charge in [0.15, 0.2) is 0 Å². The Balaban J connectivity index is 1.45. The van der Waals surface area contributed by atoms with E-state index >= 15 is 0 Å². The van der Waals surface area contributed by atoms with E-state index in [0.29, 0.717) is 36.0 Å². The number of aliphatic hydroxyl groups excluding tert-OH is 2. The molecule has 1 spiro atoms. The van der Waals surface area contributed by atoms with Crippen LogP contribution in [0, 0.1) is 40.4 Å². The van der Waals surface area contributed by atoms with Crippen LogP contribution in [0.2, 0.25) is 0 Å². The van der Waals surface area contributed by atoms with E-state index in [1.54, 1.807) is 0 Å². The molecule has 2 N–H and O–H groups in total. The lowest BCUT2D eigenvalue weighted by molar-refractivity contribution is -0.000636. The van der Waals surface area contributed by atoms with E-state index in [1.807, 2.05) is 0 Å². The Bertz CT molecular complexity index is 798. The van der Waals surface area contributed by atoms with Crippen molar-refractivity contribution in [2.75, 3.05) is 0 Å². The average molecular weight is 429 g/mol. The van der Waals surface area contributed by atoms with Gasteiger partial charge in [-0.05, 0) is 79.1 Å². The second-order valence-corrected chi connectivity index (χ2v) is 12.6. The summed E-state index contributed by atoms with van der Waals surface area (Å²) in [5, 5.41) is 21.9. The lowest BCUT2D eigenvalue weighted by Crippen LogP contribution is -2.55. The first-order valence-electron chi connectivity index (χ1n) is 13.0. The van der Waals surface area contributed by atoms with Gasteiger partial charge in [-0.1, -0.05) is 59.3 Å². The molecule has 0 unspecified atom stereocenters. The molecule has 0 amide bonds. The summed E-state index contributed by atoms with van der Waals surface area (Å²) in [5.74, 6) is 3.05. The maximum Gasteiger partial charge on any atom is 0.118 e. The maximum atomic E-state index is 11.5. The van der Waals surface area contributed by atoms with E-state index in [-0.39, 0.29) is 28.6 Å². The van der Waals surface area contributed by atoms with Gasteiger partial charge < -0.3 is 14.9 Å². The first kappa shape index (κ1) is 22.2. The Hall–Kier alpha value is -0.640. The number of hydrogen-bond donors (Lipinski definition) is 2. The van der Waals surface area contributed by atoms with Crippen LogP contribution >= 0.6 is 0 Å². The van der Waals surface area contributed by atoms with Gasteiger partial charge in [-0.15, -0.1) is 0 Å². The van der Waals surface area contributed by atoms with E-state index in [4.69, 9.17) is 4.74 Å². The van der Waals surface area contributed by atoms with Crippen LogP contribution < -0.4 is 0 Å². The fraction of sp³-hybridized carbons (Fsp3) is 0.857. The van der Waals surface area contributed by atoms with Crippen LogP contribution in [0.5, 0.6) is 0 Å². The molecule has 1 heterocycles. The number of fused-ring (bicyclic) bond motifs is 3. The van der Waals surface area contributed by atoms with Crippen molar-refractivity contribution in [3.05, 3.63) is 23.3 Å². The third-order valence-corrected chi connectivity index (χ3v) is 10.9. The predicted molar refractivity (Wildman–Crippen MR) is 124 cm³/mol. The molecule has 1 aliphatic heterocycles. The van der Waals surface area contributed by atoms with Crippen LogP contribution in [0.4, 0.5) is 0 Å². The molecular formula is C28H44O3. The fourth-order valence-corrected chi connectivity index (χ4v) is 8.47. The highest BCUT2D eigenvalue weighted by atomic mass is 16.6. The number of ether oxygens (including phenoxy) is 1. The zero-order valence-electron chi connectivity index (χ0n) is 20.5. The van der Waals surface area contributed by atoms with Crippen LogP contribution in [0.3, 0.4) is 0 Å². The van der Waals surface area contributed by atoms with Crippen molar-refractivity contribution >= 4 is 0 Å². The van der Waals surface area contributed by atoms with Gasteiger partial charge in [-0.2, -0.15) is 0 Å². The van der Waals surface area contributed by atoms with Crippen LogP contribution in [0.1, 0.15) is 86.5 Å². The zero-order valence-corrected chi connectivity index (χ0v) is 20.5. The van der Waals surface area contributed by atoms with E-state index < -0.39 is 6.10 Å². The minimum absolute atomic E-state index is 0.00307. The second kappa shape index (κ2) is 7.18. The molecule has 0 aromatic rings. The smallest absolute Gasteiger partial charge is 0.118 e. The highest BCUT2D eigenvalue weighted by molar-refractivity contribution is 5.45. The first-order valence-corrected chi connectivity index (χ1v) is 13.0. The summed E-state index contributed by atoms with van der Waals surface area (Å²) in [6.45, 7) is 14.3. The quantitative estimate of drug-likeness (QED) is 0.449. The predicted octanol–water partition coefficient (Wildman–Crippen LogP) is 5.66. The van der Waals surface area contributed by atoms with Crippen LogP contribution in [0.15, 0.2) is 23.3 Å². The summed E-state index contributed by atoms with van der Waals surface area (Å²) in [4.78, 5) is 0. The fourth-order valence-electron chi connectivity index (χ4n) is 8.47. The second-order valence-electron chi connectivity index (χ2n) is 12.6. The van der Waals surface area contributed by atoms with E-state index in [0.717, 1.165) is 19.3 Å². The standard InChI is InChI=1S/C28H44O3/c1-16(2)17(3)7-8-18(4)20-9-10-21-23-22(12-13-26(20,21)5)27(6)14-11-19(29)15-28(27)25(31-28)24(23)30/h7-8,16-21,24-25,29-30H,9-15H2,1-6H3/b8-7+/t17-,18+,19-,20+,21-,24-,25-,26+,27+,28-/m0/s1. The minimum Gasteiger partial charge on any atom is -0.393 e. The number of rotatable bonds is 4. The summed E-state index contributed by atoms with van der Waals surface area (Å²) < 4.78 is 6.33. The molecule has 0 radical (unpaired) electrons. The minimum atomic E-state index is -0.469. The highest BCUT2D eigenvalue weighted by Gasteiger charge is 2.76. The summed E-state index contributed by atoms with van der Waals surface area (Å²) in [5.41, 5.74) is 2.84. The normalized spacial score (nSPS) is 50.7. The monoisotopic (exact) mass is 428 g/mol. The van der Waals surface area contributed by atoms with Crippen LogP contribution in [-0.2, 0) is 4.74 Å². The van der Waals surface area contributed by atoms with Gasteiger partial charge in [-0.3, -0.25) is 0 Å². The third kappa shape index (κ3) is 2.95. The van der Waals surface area contributed by atoms with Gasteiger partial charge in [0.25, 0.3) is 0 Å². The lowest BCUT2D eigenvalue weighted by Gasteiger charge is -2.54. The van der Waals surface area contributed by atoms with Crippen molar-refractivity contribution in [3.63, 3.8) is 0 Å². The molecule has 2 saturated carbocycles. The lowest BCUT2D eigenvalue weighted by atomic mass is 9.50. The molecule has 0 aromatic heterocycles. The van der Waals surface area contributed by atoms with E-state index in [2.05, 4.69) is 53.7 Å². The Kier molecular flexibility index (Phi) is 5.13. The highest BCUT2D eigenvalue weighted by Crippen LogP contribution is 2.72. The molecule has 3 heteroatoms. The molecule has 5 aliphatic rings. The Labute approximate surface area is 189 Å². The van der Waals surface area contributed by atoms with E-state index in [1.165, 1.54) is 30.4 Å². The number of hydrogen-bond acceptors (Lipinski definition) is 3. The molecule has 0 aromatic carbocycles. The number of allylic oxidation sites excluding steroid dienone is 2. The van der Waals surface area contributed by atoms with E-state index in [9.17, 15) is 10.2 Å². The largest absolute Gasteiger partial charge is 0.393 e. The summed E-state index contributed by atoms with van der Waals surface area (Å²) in [7, 11) is 0. The summed E-state index contributed by atoms with van der Waals surface area (Å²) in [6, 6.07) is 0. The van der Waals surface area contributed by atoms with Crippen molar-refractivity contribution in [1.82, 2.24) is 0 Å². The molecule has 10 atom stereocenters. The van der Waals surface area contributed by atoms with Crippen LogP contribution in [-0.4, -0.2) is 34.1 Å². The van der Waals surface area contributed by atoms with Crippen LogP contribution in [0.25, 0.3) is 0 Å². The number of aliphatic hydroxyl groups is 2. The molecule has 3 fully saturated rings. The molecule has 4 aliphatic carbocycles. The molecular weight excluding hydrogens is 384 g/mol. The van der Waals surface area contributed by atoms with Crippen molar-refractivity contribution in [2.45, 2.75) is 110 Å². The average Bonchev–Trinajstić information content (AvgIpc) is 3.34. The zero-order chi connectivity index (χ0) is 22.3. The van der Waals surface area contributed by atoms with Crippen molar-refractivity contribution < 1.29 is 14.9 Å². The van der Waals surface area contributed by atoms with Gasteiger partial charge in [0.2, 0.25) is 0 Å². The molecule has 174 valence electrons. The number of epoxide rings is 1. The molecule has 3 nitrogen and oxygen atoms in total. The SMILES string of the molecule is CC(C)[C@@H](C)/C=C/[C@@H](C)[C@H]1CC[C@H]2C3=C(CC[C@]12C)[C@@]1(C)CC[C@H](O)C[C@@]12O[C@H]2[C@H]3O. The Morgan fingerprint density at radius 2 is 1.74 bits per heavy atom. The molecule has 0 bridgehead atoms. The molecule has 5 rings (SSSR count). The van der Waals surface area contributed by atoms with Gasteiger partial charge in [0, 0.05) is 11.8 Å². The van der Waals surface area contributed by atoms with Crippen molar-refractivity contribution in [2.24, 2.45) is 40.4 Å². The Morgan fingerprint density at radius 1 is 1.00 bits per heavy atom. The van der Waals surface area contributed by atoms with Gasteiger partial charge in [-0.25, -0.2) is 0 Å². The Morgan fingerprint density at radius 3 is 2.45 bits per heavy atom. The molecule has 1 saturated heterocycles. The van der Waals surface area contributed by atoms with Crippen molar-refractivity contribution in [1.29, 1.82) is 0 Å². The first-order chi connectivity index (χ1) is 14.5.